The highest BCUT2D eigenvalue weighted by atomic mass is 16.3. The molecule has 6 nitrogen and oxygen atoms in total. The molecule has 1 aliphatic rings. The van der Waals surface area contributed by atoms with Crippen LogP contribution < -0.4 is 9.80 Å². The van der Waals surface area contributed by atoms with Crippen molar-refractivity contribution in [2.45, 2.75) is 13.0 Å². The molecule has 0 spiro atoms. The van der Waals surface area contributed by atoms with Crippen LogP contribution in [-0.2, 0) is 6.54 Å². The van der Waals surface area contributed by atoms with E-state index in [4.69, 9.17) is 4.98 Å². The van der Waals surface area contributed by atoms with Crippen molar-refractivity contribution < 1.29 is 5.11 Å². The first-order valence-electron chi connectivity index (χ1n) is 10.9. The smallest absolute Gasteiger partial charge is 0.110 e. The van der Waals surface area contributed by atoms with Crippen LogP contribution >= 0.6 is 0 Å². The Labute approximate surface area is 182 Å². The lowest BCUT2D eigenvalue weighted by atomic mass is 10.1. The van der Waals surface area contributed by atoms with Gasteiger partial charge in [-0.15, -0.1) is 0 Å². The predicted octanol–water partition coefficient (Wildman–Crippen LogP) is 3.81. The average Bonchev–Trinajstić information content (AvgIpc) is 3.22. The maximum Gasteiger partial charge on any atom is 0.110 e. The Balaban J connectivity index is 1.47. The van der Waals surface area contributed by atoms with Crippen molar-refractivity contribution in [3.8, 4) is 11.4 Å². The van der Waals surface area contributed by atoms with E-state index in [-0.39, 0.29) is 6.61 Å². The number of pyridine rings is 2. The van der Waals surface area contributed by atoms with Crippen LogP contribution in [0.1, 0.15) is 6.42 Å². The molecule has 0 saturated carbocycles. The molecule has 3 aromatic heterocycles. The number of aliphatic hydroxyl groups excluding tert-OH is 1. The van der Waals surface area contributed by atoms with Crippen LogP contribution in [0, 0.1) is 0 Å². The molecular formula is C25H27N5O. The van der Waals surface area contributed by atoms with Crippen LogP contribution in [-0.4, -0.2) is 52.4 Å². The Hall–Kier alpha value is -3.38. The first-order chi connectivity index (χ1) is 15.3. The van der Waals surface area contributed by atoms with Gasteiger partial charge in [0.25, 0.3) is 0 Å². The Kier molecular flexibility index (Phi) is 5.54. The highest BCUT2D eigenvalue weighted by Gasteiger charge is 2.22. The van der Waals surface area contributed by atoms with E-state index < -0.39 is 0 Å². The van der Waals surface area contributed by atoms with Crippen molar-refractivity contribution in [2.24, 2.45) is 0 Å². The number of aryl methyl sites for hydroxylation is 1. The van der Waals surface area contributed by atoms with Crippen LogP contribution in [0.2, 0.25) is 0 Å². The molecule has 0 atom stereocenters. The van der Waals surface area contributed by atoms with Crippen LogP contribution in [0.3, 0.4) is 0 Å². The lowest BCUT2D eigenvalue weighted by molar-refractivity contribution is 0.281. The fraction of sp³-hybridized carbons (Fsp3) is 0.280. The van der Waals surface area contributed by atoms with Crippen LogP contribution in [0.25, 0.3) is 22.3 Å². The molecule has 6 heteroatoms. The van der Waals surface area contributed by atoms with E-state index in [1.54, 1.807) is 0 Å². The Bertz CT molecular complexity index is 1150. The number of nitrogens with zero attached hydrogens (tertiary/aromatic N) is 5. The molecule has 1 aliphatic heterocycles. The standard InChI is InChI=1S/C25H27N5O/c31-18-4-13-30-22-6-2-1-5-20(22)19-24(30)25-23(7-3-10-27-25)29-16-14-28(15-17-29)21-8-11-26-12-9-21/h1-3,5-12,19,31H,4,13-18H2. The number of para-hydroxylation sites is 1. The van der Waals surface area contributed by atoms with Gasteiger partial charge in [0.1, 0.15) is 5.69 Å². The van der Waals surface area contributed by atoms with Gasteiger partial charge in [-0.05, 0) is 42.8 Å². The normalized spacial score (nSPS) is 14.4. The van der Waals surface area contributed by atoms with Gasteiger partial charge in [0.15, 0.2) is 0 Å². The summed E-state index contributed by atoms with van der Waals surface area (Å²) in [7, 11) is 0. The third kappa shape index (κ3) is 3.86. The molecular weight excluding hydrogens is 386 g/mol. The van der Waals surface area contributed by atoms with Crippen molar-refractivity contribution in [3.63, 3.8) is 0 Å². The van der Waals surface area contributed by atoms with E-state index in [2.05, 4.69) is 67.9 Å². The van der Waals surface area contributed by atoms with Crippen molar-refractivity contribution >= 4 is 22.3 Å². The van der Waals surface area contributed by atoms with Gasteiger partial charge in [-0.25, -0.2) is 0 Å². The summed E-state index contributed by atoms with van der Waals surface area (Å²) in [6, 6.07) is 19.0. The summed E-state index contributed by atoms with van der Waals surface area (Å²) >= 11 is 0. The number of piperazine rings is 1. The number of fused-ring (bicyclic) bond motifs is 1. The third-order valence-corrected chi connectivity index (χ3v) is 6.03. The Morgan fingerprint density at radius 1 is 0.839 bits per heavy atom. The first-order valence-corrected chi connectivity index (χ1v) is 10.9. The Morgan fingerprint density at radius 3 is 2.42 bits per heavy atom. The summed E-state index contributed by atoms with van der Waals surface area (Å²) < 4.78 is 2.30. The van der Waals surface area contributed by atoms with Gasteiger partial charge < -0.3 is 19.5 Å². The largest absolute Gasteiger partial charge is 0.396 e. The van der Waals surface area contributed by atoms with Gasteiger partial charge in [0.2, 0.25) is 0 Å². The summed E-state index contributed by atoms with van der Waals surface area (Å²) in [6.07, 6.45) is 6.30. The number of rotatable bonds is 6. The molecule has 1 N–H and O–H groups in total. The average molecular weight is 414 g/mol. The van der Waals surface area contributed by atoms with Crippen molar-refractivity contribution in [1.82, 2.24) is 14.5 Å². The lowest BCUT2D eigenvalue weighted by Gasteiger charge is -2.37. The van der Waals surface area contributed by atoms with E-state index in [1.165, 1.54) is 22.3 Å². The molecule has 0 radical (unpaired) electrons. The van der Waals surface area contributed by atoms with E-state index in [0.29, 0.717) is 0 Å². The topological polar surface area (TPSA) is 57.4 Å². The second kappa shape index (κ2) is 8.78. The fourth-order valence-corrected chi connectivity index (χ4v) is 4.49. The molecule has 0 unspecified atom stereocenters. The van der Waals surface area contributed by atoms with Gasteiger partial charge in [-0.3, -0.25) is 9.97 Å². The molecule has 0 aliphatic carbocycles. The molecule has 1 fully saturated rings. The second-order valence-corrected chi connectivity index (χ2v) is 7.87. The van der Waals surface area contributed by atoms with Crippen LogP contribution in [0.5, 0.6) is 0 Å². The second-order valence-electron chi connectivity index (χ2n) is 7.87. The zero-order valence-corrected chi connectivity index (χ0v) is 17.6. The number of anilines is 2. The number of hydrogen-bond acceptors (Lipinski definition) is 5. The van der Waals surface area contributed by atoms with Gasteiger partial charge in [0.05, 0.1) is 11.4 Å². The summed E-state index contributed by atoms with van der Waals surface area (Å²) in [6.45, 7) is 4.76. The molecule has 4 aromatic rings. The monoisotopic (exact) mass is 413 g/mol. The molecule has 0 bridgehead atoms. The first kappa shape index (κ1) is 19.6. The minimum absolute atomic E-state index is 0.179. The maximum absolute atomic E-state index is 9.43. The highest BCUT2D eigenvalue weighted by Crippen LogP contribution is 2.34. The van der Waals surface area contributed by atoms with E-state index in [9.17, 15) is 5.11 Å². The zero-order valence-electron chi connectivity index (χ0n) is 17.6. The SMILES string of the molecule is OCCCn1c(-c2ncccc2N2CCN(c3ccncc3)CC2)cc2ccccc21. The summed E-state index contributed by atoms with van der Waals surface area (Å²) in [4.78, 5) is 13.8. The number of aliphatic hydroxyl groups is 1. The molecule has 1 saturated heterocycles. The quantitative estimate of drug-likeness (QED) is 0.521. The molecule has 4 heterocycles. The molecule has 5 rings (SSSR count). The Morgan fingerprint density at radius 2 is 1.61 bits per heavy atom. The molecule has 31 heavy (non-hydrogen) atoms. The van der Waals surface area contributed by atoms with Gasteiger partial charge in [-0.2, -0.15) is 0 Å². The van der Waals surface area contributed by atoms with Crippen molar-refractivity contribution in [1.29, 1.82) is 0 Å². The van der Waals surface area contributed by atoms with Crippen molar-refractivity contribution in [2.75, 3.05) is 42.6 Å². The van der Waals surface area contributed by atoms with Gasteiger partial charge in [-0.1, -0.05) is 18.2 Å². The number of aromatic nitrogens is 3. The van der Waals surface area contributed by atoms with E-state index in [0.717, 1.165) is 50.5 Å². The predicted molar refractivity (Wildman–Crippen MR) is 126 cm³/mol. The summed E-state index contributed by atoms with van der Waals surface area (Å²) in [5.74, 6) is 0. The van der Waals surface area contributed by atoms with Crippen LogP contribution in [0.4, 0.5) is 11.4 Å². The summed E-state index contributed by atoms with van der Waals surface area (Å²) in [5.41, 5.74) is 5.70. The molecule has 0 amide bonds. The van der Waals surface area contributed by atoms with Gasteiger partial charge in [0, 0.05) is 74.5 Å². The van der Waals surface area contributed by atoms with Crippen molar-refractivity contribution in [3.05, 3.63) is 73.2 Å². The van der Waals surface area contributed by atoms with Crippen LogP contribution in [0.15, 0.2) is 73.2 Å². The fourth-order valence-electron chi connectivity index (χ4n) is 4.49. The molecule has 1 aromatic carbocycles. The number of hydrogen-bond donors (Lipinski definition) is 1. The minimum Gasteiger partial charge on any atom is -0.396 e. The maximum atomic E-state index is 9.43. The van der Waals surface area contributed by atoms with E-state index >= 15 is 0 Å². The zero-order chi connectivity index (χ0) is 21.0. The third-order valence-electron chi connectivity index (χ3n) is 6.03. The van der Waals surface area contributed by atoms with E-state index in [1.807, 2.05) is 24.7 Å². The van der Waals surface area contributed by atoms with Gasteiger partial charge >= 0.3 is 0 Å². The minimum atomic E-state index is 0.179. The summed E-state index contributed by atoms with van der Waals surface area (Å²) in [5, 5.41) is 10.6. The molecule has 158 valence electrons. The number of benzene rings is 1. The lowest BCUT2D eigenvalue weighted by Crippen LogP contribution is -2.46. The highest BCUT2D eigenvalue weighted by molar-refractivity contribution is 5.89.